The molecule has 4 nitrogen and oxygen atoms in total. The lowest BCUT2D eigenvalue weighted by Gasteiger charge is -2.27. The Labute approximate surface area is 159 Å². The second-order valence-corrected chi connectivity index (χ2v) is 7.28. The van der Waals surface area contributed by atoms with Crippen LogP contribution in [0.25, 0.3) is 0 Å². The van der Waals surface area contributed by atoms with Crippen molar-refractivity contribution in [2.75, 3.05) is 10.6 Å². The van der Waals surface area contributed by atoms with Crippen LogP contribution in [0, 0.1) is 31.5 Å². The maximum atomic E-state index is 13.0. The molecule has 0 heterocycles. The van der Waals surface area contributed by atoms with Gasteiger partial charge in [0.2, 0.25) is 11.8 Å². The van der Waals surface area contributed by atoms with Crippen LogP contribution in [-0.4, -0.2) is 11.8 Å². The average molecular weight is 368 g/mol. The Morgan fingerprint density at radius 1 is 0.852 bits per heavy atom. The molecule has 0 atom stereocenters. The number of halogens is 1. The molecule has 0 aromatic heterocycles. The molecular formula is C22H25FN2O2. The van der Waals surface area contributed by atoms with E-state index in [-0.39, 0.29) is 29.5 Å². The zero-order valence-corrected chi connectivity index (χ0v) is 15.7. The summed E-state index contributed by atoms with van der Waals surface area (Å²) in [5.74, 6) is -0.543. The third kappa shape index (κ3) is 4.73. The first-order valence-electron chi connectivity index (χ1n) is 9.37. The first-order chi connectivity index (χ1) is 12.9. The molecule has 0 spiro atoms. The normalized spacial score (nSPS) is 19.4. The van der Waals surface area contributed by atoms with Gasteiger partial charge in [0.1, 0.15) is 5.82 Å². The van der Waals surface area contributed by atoms with Crippen molar-refractivity contribution >= 4 is 23.2 Å². The van der Waals surface area contributed by atoms with Gasteiger partial charge in [-0.15, -0.1) is 0 Å². The molecule has 27 heavy (non-hydrogen) atoms. The number of nitrogens with one attached hydrogen (secondary N) is 2. The lowest BCUT2D eigenvalue weighted by molar-refractivity contribution is -0.125. The zero-order valence-electron chi connectivity index (χ0n) is 15.7. The fraction of sp³-hybridized carbons (Fsp3) is 0.364. The third-order valence-electron chi connectivity index (χ3n) is 5.44. The van der Waals surface area contributed by atoms with Gasteiger partial charge in [-0.2, -0.15) is 0 Å². The first kappa shape index (κ1) is 19.1. The summed E-state index contributed by atoms with van der Waals surface area (Å²) in [4.78, 5) is 25.0. The summed E-state index contributed by atoms with van der Waals surface area (Å²) in [6, 6.07) is 11.6. The lowest BCUT2D eigenvalue weighted by Crippen LogP contribution is -2.32. The van der Waals surface area contributed by atoms with Crippen molar-refractivity contribution in [2.24, 2.45) is 11.8 Å². The molecule has 0 bridgehead atoms. The second-order valence-electron chi connectivity index (χ2n) is 7.28. The van der Waals surface area contributed by atoms with Crippen LogP contribution >= 0.6 is 0 Å². The van der Waals surface area contributed by atoms with Crippen LogP contribution in [0.15, 0.2) is 42.5 Å². The summed E-state index contributed by atoms with van der Waals surface area (Å²) in [6.45, 7) is 4.03. The highest BCUT2D eigenvalue weighted by atomic mass is 19.1. The van der Waals surface area contributed by atoms with Gasteiger partial charge >= 0.3 is 0 Å². The van der Waals surface area contributed by atoms with Crippen molar-refractivity contribution < 1.29 is 14.0 Å². The van der Waals surface area contributed by atoms with E-state index < -0.39 is 0 Å². The van der Waals surface area contributed by atoms with Gasteiger partial charge in [-0.1, -0.05) is 12.1 Å². The number of rotatable bonds is 4. The van der Waals surface area contributed by atoms with Gasteiger partial charge in [0.25, 0.3) is 0 Å². The van der Waals surface area contributed by atoms with Crippen LogP contribution in [0.5, 0.6) is 0 Å². The Morgan fingerprint density at radius 3 is 2.00 bits per heavy atom. The number of aryl methyl sites for hydroxylation is 1. The van der Waals surface area contributed by atoms with E-state index >= 15 is 0 Å². The molecule has 1 saturated carbocycles. The van der Waals surface area contributed by atoms with Crippen LogP contribution in [-0.2, 0) is 9.59 Å². The number of amides is 2. The van der Waals surface area contributed by atoms with E-state index in [1.807, 2.05) is 32.0 Å². The minimum atomic E-state index is -0.330. The minimum absolute atomic E-state index is 0.0288. The summed E-state index contributed by atoms with van der Waals surface area (Å²) in [7, 11) is 0. The van der Waals surface area contributed by atoms with E-state index in [9.17, 15) is 14.0 Å². The Bertz CT molecular complexity index is 825. The maximum Gasteiger partial charge on any atom is 0.227 e. The zero-order chi connectivity index (χ0) is 19.4. The Hall–Kier alpha value is -2.69. The van der Waals surface area contributed by atoms with Gasteiger partial charge in [-0.3, -0.25) is 9.59 Å². The van der Waals surface area contributed by atoms with Crippen molar-refractivity contribution in [3.63, 3.8) is 0 Å². The molecule has 0 radical (unpaired) electrons. The van der Waals surface area contributed by atoms with Gasteiger partial charge in [-0.05, 0) is 81.0 Å². The molecule has 1 fully saturated rings. The topological polar surface area (TPSA) is 58.2 Å². The summed E-state index contributed by atoms with van der Waals surface area (Å²) in [5, 5.41) is 5.87. The number of hydrogen-bond donors (Lipinski definition) is 2. The fourth-order valence-electron chi connectivity index (χ4n) is 3.52. The van der Waals surface area contributed by atoms with Crippen LogP contribution < -0.4 is 10.6 Å². The first-order valence-corrected chi connectivity index (χ1v) is 9.37. The van der Waals surface area contributed by atoms with Gasteiger partial charge in [0.15, 0.2) is 0 Å². The SMILES string of the molecule is Cc1cccc(NC(=O)C2CCC(C(=O)Nc3ccc(F)cc3)CC2)c1C. The monoisotopic (exact) mass is 368 g/mol. The summed E-state index contributed by atoms with van der Waals surface area (Å²) in [5.41, 5.74) is 3.68. The molecule has 1 aliphatic rings. The van der Waals surface area contributed by atoms with Crippen molar-refractivity contribution in [1.29, 1.82) is 0 Å². The largest absolute Gasteiger partial charge is 0.326 e. The number of anilines is 2. The van der Waals surface area contributed by atoms with E-state index in [4.69, 9.17) is 0 Å². The van der Waals surface area contributed by atoms with Gasteiger partial charge in [0.05, 0.1) is 0 Å². The molecule has 0 saturated heterocycles. The average Bonchev–Trinajstić information content (AvgIpc) is 2.67. The number of carbonyl (C=O) groups is 2. The predicted molar refractivity (Wildman–Crippen MR) is 105 cm³/mol. The van der Waals surface area contributed by atoms with Gasteiger partial charge in [-0.25, -0.2) is 4.39 Å². The molecule has 0 unspecified atom stereocenters. The van der Waals surface area contributed by atoms with E-state index in [2.05, 4.69) is 10.6 Å². The molecule has 142 valence electrons. The molecule has 2 N–H and O–H groups in total. The smallest absolute Gasteiger partial charge is 0.227 e. The molecule has 2 aromatic rings. The quantitative estimate of drug-likeness (QED) is 0.812. The molecule has 3 rings (SSSR count). The Morgan fingerprint density at radius 2 is 1.41 bits per heavy atom. The van der Waals surface area contributed by atoms with Crippen molar-refractivity contribution in [1.82, 2.24) is 0 Å². The number of benzene rings is 2. The summed E-state index contributed by atoms with van der Waals surface area (Å²) < 4.78 is 13.0. The summed E-state index contributed by atoms with van der Waals surface area (Å²) in [6.07, 6.45) is 2.74. The van der Waals surface area contributed by atoms with Crippen LogP contribution in [0.4, 0.5) is 15.8 Å². The van der Waals surface area contributed by atoms with E-state index in [1.165, 1.54) is 12.1 Å². The molecular weight excluding hydrogens is 343 g/mol. The highest BCUT2D eigenvalue weighted by Crippen LogP contribution is 2.31. The lowest BCUT2D eigenvalue weighted by atomic mass is 9.81. The maximum absolute atomic E-state index is 13.0. The Balaban J connectivity index is 1.52. The number of carbonyl (C=O) groups excluding carboxylic acids is 2. The standard InChI is InChI=1S/C22H25FN2O2/c1-14-4-3-5-20(15(14)2)25-22(27)17-8-6-16(7-9-17)21(26)24-19-12-10-18(23)11-13-19/h3-5,10-13,16-17H,6-9H2,1-2H3,(H,24,26)(H,25,27). The molecule has 5 heteroatoms. The van der Waals surface area contributed by atoms with Crippen LogP contribution in [0.1, 0.15) is 36.8 Å². The van der Waals surface area contributed by atoms with Crippen LogP contribution in [0.3, 0.4) is 0 Å². The molecule has 2 aromatic carbocycles. The van der Waals surface area contributed by atoms with E-state index in [0.29, 0.717) is 31.4 Å². The highest BCUT2D eigenvalue weighted by Gasteiger charge is 2.30. The van der Waals surface area contributed by atoms with Crippen molar-refractivity contribution in [2.45, 2.75) is 39.5 Å². The van der Waals surface area contributed by atoms with Gasteiger partial charge < -0.3 is 10.6 Å². The molecule has 2 amide bonds. The molecule has 1 aliphatic carbocycles. The van der Waals surface area contributed by atoms with Gasteiger partial charge in [0, 0.05) is 23.2 Å². The number of hydrogen-bond acceptors (Lipinski definition) is 2. The van der Waals surface area contributed by atoms with E-state index in [1.54, 1.807) is 12.1 Å². The van der Waals surface area contributed by atoms with Crippen molar-refractivity contribution in [3.8, 4) is 0 Å². The van der Waals surface area contributed by atoms with Crippen LogP contribution in [0.2, 0.25) is 0 Å². The second kappa shape index (κ2) is 8.33. The highest BCUT2D eigenvalue weighted by molar-refractivity contribution is 5.95. The fourth-order valence-corrected chi connectivity index (χ4v) is 3.52. The van der Waals surface area contributed by atoms with E-state index in [0.717, 1.165) is 16.8 Å². The minimum Gasteiger partial charge on any atom is -0.326 e. The summed E-state index contributed by atoms with van der Waals surface area (Å²) >= 11 is 0. The van der Waals surface area contributed by atoms with Crippen molar-refractivity contribution in [3.05, 3.63) is 59.4 Å². The predicted octanol–water partition coefficient (Wildman–Crippen LogP) is 4.83. The Kier molecular flexibility index (Phi) is 5.89. The third-order valence-corrected chi connectivity index (χ3v) is 5.44. The molecule has 0 aliphatic heterocycles.